The molecule has 0 aliphatic rings. The smallest absolute Gasteiger partial charge is 0.274 e. The van der Waals surface area contributed by atoms with Crippen LogP contribution in [0.4, 0.5) is 0 Å². The van der Waals surface area contributed by atoms with E-state index in [1.54, 1.807) is 4.68 Å². The molecular formula is C12H17N3O. The second-order valence-electron chi connectivity index (χ2n) is 3.93. The van der Waals surface area contributed by atoms with Crippen LogP contribution in [0.1, 0.15) is 12.5 Å². The van der Waals surface area contributed by atoms with Crippen LogP contribution in [0.15, 0.2) is 23.0 Å². The van der Waals surface area contributed by atoms with Crippen molar-refractivity contribution in [3.05, 3.63) is 34.1 Å². The van der Waals surface area contributed by atoms with Gasteiger partial charge in [0.2, 0.25) is 0 Å². The fourth-order valence-electron chi connectivity index (χ4n) is 2.11. The molecule has 0 atom stereocenters. The van der Waals surface area contributed by atoms with E-state index < -0.39 is 0 Å². The Morgan fingerprint density at radius 1 is 1.38 bits per heavy atom. The first-order valence-corrected chi connectivity index (χ1v) is 5.57. The maximum atomic E-state index is 12.0. The molecule has 0 saturated heterocycles. The summed E-state index contributed by atoms with van der Waals surface area (Å²) in [6.07, 6.45) is 0.849. The van der Waals surface area contributed by atoms with Gasteiger partial charge in [-0.1, -0.05) is 6.07 Å². The van der Waals surface area contributed by atoms with E-state index in [0.717, 1.165) is 17.3 Å². The Balaban J connectivity index is 2.69. The van der Waals surface area contributed by atoms with E-state index in [2.05, 4.69) is 6.07 Å². The van der Waals surface area contributed by atoms with Crippen molar-refractivity contribution < 1.29 is 0 Å². The molecule has 0 spiro atoms. The molecule has 16 heavy (non-hydrogen) atoms. The molecule has 4 nitrogen and oxygen atoms in total. The summed E-state index contributed by atoms with van der Waals surface area (Å²) in [5.41, 5.74) is 7.78. The lowest BCUT2D eigenvalue weighted by atomic mass is 10.1. The van der Waals surface area contributed by atoms with Gasteiger partial charge in [0.05, 0.1) is 10.9 Å². The van der Waals surface area contributed by atoms with Crippen molar-refractivity contribution in [2.75, 3.05) is 6.54 Å². The Labute approximate surface area is 94.3 Å². The Hall–Kier alpha value is -1.55. The molecule has 2 rings (SSSR count). The van der Waals surface area contributed by atoms with Crippen molar-refractivity contribution in [1.82, 2.24) is 9.36 Å². The fraction of sp³-hybridized carbons (Fsp3) is 0.417. The van der Waals surface area contributed by atoms with E-state index in [4.69, 9.17) is 5.73 Å². The second kappa shape index (κ2) is 4.14. The van der Waals surface area contributed by atoms with Gasteiger partial charge in [-0.15, -0.1) is 0 Å². The molecule has 0 radical (unpaired) electrons. The molecule has 1 heterocycles. The van der Waals surface area contributed by atoms with Crippen molar-refractivity contribution >= 4 is 10.9 Å². The molecule has 0 aliphatic carbocycles. The van der Waals surface area contributed by atoms with Gasteiger partial charge in [0.25, 0.3) is 5.56 Å². The van der Waals surface area contributed by atoms with Gasteiger partial charge in [-0.2, -0.15) is 0 Å². The lowest BCUT2D eigenvalue weighted by molar-refractivity contribution is 0.532. The SMILES string of the molecule is CCn1c(=O)c2ccc(CCN)cc2n1C. The standard InChI is InChI=1S/C12H17N3O/c1-3-15-12(16)10-5-4-9(6-7-13)8-11(10)14(15)2/h4-5,8H,3,6-7,13H2,1-2H3. The first-order valence-electron chi connectivity index (χ1n) is 5.57. The third-order valence-corrected chi connectivity index (χ3v) is 2.97. The third-order valence-electron chi connectivity index (χ3n) is 2.97. The molecule has 4 heteroatoms. The molecule has 0 bridgehead atoms. The van der Waals surface area contributed by atoms with Crippen LogP contribution in [-0.2, 0) is 20.0 Å². The fourth-order valence-corrected chi connectivity index (χ4v) is 2.11. The zero-order valence-corrected chi connectivity index (χ0v) is 9.73. The first kappa shape index (κ1) is 11.0. The lowest BCUT2D eigenvalue weighted by Gasteiger charge is -2.04. The maximum absolute atomic E-state index is 12.0. The molecule has 0 fully saturated rings. The molecule has 1 aromatic carbocycles. The summed E-state index contributed by atoms with van der Waals surface area (Å²) in [5.74, 6) is 0. The number of hydrogen-bond donors (Lipinski definition) is 1. The summed E-state index contributed by atoms with van der Waals surface area (Å²) in [6.45, 7) is 3.30. The predicted molar refractivity (Wildman–Crippen MR) is 65.6 cm³/mol. The summed E-state index contributed by atoms with van der Waals surface area (Å²) >= 11 is 0. The Morgan fingerprint density at radius 3 is 2.75 bits per heavy atom. The molecule has 0 aliphatic heterocycles. The topological polar surface area (TPSA) is 52.9 Å². The highest BCUT2D eigenvalue weighted by molar-refractivity contribution is 5.79. The van der Waals surface area contributed by atoms with Gasteiger partial charge in [0.1, 0.15) is 0 Å². The minimum absolute atomic E-state index is 0.0827. The predicted octanol–water partition coefficient (Wildman–Crippen LogP) is 0.861. The van der Waals surface area contributed by atoms with Crippen molar-refractivity contribution in [2.45, 2.75) is 19.9 Å². The van der Waals surface area contributed by atoms with Gasteiger partial charge in [-0.05, 0) is 37.6 Å². The van der Waals surface area contributed by atoms with Crippen LogP contribution in [0, 0.1) is 0 Å². The molecular weight excluding hydrogens is 202 g/mol. The zero-order valence-electron chi connectivity index (χ0n) is 9.73. The largest absolute Gasteiger partial charge is 0.330 e. The molecule has 2 N–H and O–H groups in total. The Bertz CT molecular complexity index is 565. The average Bonchev–Trinajstić information content (AvgIpc) is 2.52. The molecule has 0 saturated carbocycles. The van der Waals surface area contributed by atoms with Crippen molar-refractivity contribution in [3.8, 4) is 0 Å². The quantitative estimate of drug-likeness (QED) is 0.832. The van der Waals surface area contributed by atoms with Gasteiger partial charge in [0.15, 0.2) is 0 Å². The summed E-state index contributed by atoms with van der Waals surface area (Å²) in [5, 5.41) is 0.783. The zero-order chi connectivity index (χ0) is 11.7. The van der Waals surface area contributed by atoms with Crippen LogP contribution in [0.25, 0.3) is 10.9 Å². The number of aromatic nitrogens is 2. The number of hydrogen-bond acceptors (Lipinski definition) is 2. The maximum Gasteiger partial charge on any atom is 0.274 e. The van der Waals surface area contributed by atoms with Crippen LogP contribution < -0.4 is 11.3 Å². The summed E-state index contributed by atoms with van der Waals surface area (Å²) in [4.78, 5) is 12.0. The van der Waals surface area contributed by atoms with Crippen LogP contribution in [-0.4, -0.2) is 15.9 Å². The molecule has 2 aromatic rings. The number of nitrogens with zero attached hydrogens (tertiary/aromatic N) is 2. The number of rotatable bonds is 3. The van der Waals surface area contributed by atoms with Crippen LogP contribution in [0.3, 0.4) is 0 Å². The van der Waals surface area contributed by atoms with E-state index in [0.29, 0.717) is 13.1 Å². The molecule has 0 unspecified atom stereocenters. The number of aryl methyl sites for hydroxylation is 1. The van der Waals surface area contributed by atoms with Crippen LogP contribution in [0.5, 0.6) is 0 Å². The van der Waals surface area contributed by atoms with Gasteiger partial charge in [0, 0.05) is 13.6 Å². The third kappa shape index (κ3) is 1.55. The average molecular weight is 219 g/mol. The second-order valence-corrected chi connectivity index (χ2v) is 3.93. The number of fused-ring (bicyclic) bond motifs is 1. The Kier molecular flexibility index (Phi) is 2.83. The number of benzene rings is 1. The number of nitrogens with two attached hydrogens (primary N) is 1. The van der Waals surface area contributed by atoms with Crippen molar-refractivity contribution in [2.24, 2.45) is 12.8 Å². The van der Waals surface area contributed by atoms with Gasteiger partial charge < -0.3 is 5.73 Å². The highest BCUT2D eigenvalue weighted by Crippen LogP contribution is 2.13. The first-order chi connectivity index (χ1) is 7.69. The van der Waals surface area contributed by atoms with Gasteiger partial charge >= 0.3 is 0 Å². The molecule has 0 amide bonds. The summed E-state index contributed by atoms with van der Waals surface area (Å²) < 4.78 is 3.65. The monoisotopic (exact) mass is 219 g/mol. The van der Waals surface area contributed by atoms with Gasteiger partial charge in [-0.25, -0.2) is 0 Å². The highest BCUT2D eigenvalue weighted by atomic mass is 16.1. The van der Waals surface area contributed by atoms with Crippen LogP contribution >= 0.6 is 0 Å². The van der Waals surface area contributed by atoms with Crippen molar-refractivity contribution in [1.29, 1.82) is 0 Å². The van der Waals surface area contributed by atoms with E-state index in [1.807, 2.05) is 30.8 Å². The Morgan fingerprint density at radius 2 is 2.12 bits per heavy atom. The minimum Gasteiger partial charge on any atom is -0.330 e. The summed E-state index contributed by atoms with van der Waals surface area (Å²) in [6, 6.07) is 5.93. The highest BCUT2D eigenvalue weighted by Gasteiger charge is 2.09. The van der Waals surface area contributed by atoms with E-state index >= 15 is 0 Å². The van der Waals surface area contributed by atoms with E-state index in [-0.39, 0.29) is 5.56 Å². The van der Waals surface area contributed by atoms with E-state index in [1.165, 1.54) is 5.56 Å². The van der Waals surface area contributed by atoms with E-state index in [9.17, 15) is 4.79 Å². The molecule has 86 valence electrons. The van der Waals surface area contributed by atoms with Crippen molar-refractivity contribution in [3.63, 3.8) is 0 Å². The summed E-state index contributed by atoms with van der Waals surface area (Å²) in [7, 11) is 1.92. The minimum atomic E-state index is 0.0827. The van der Waals surface area contributed by atoms with Crippen LogP contribution in [0.2, 0.25) is 0 Å². The lowest BCUT2D eigenvalue weighted by Crippen LogP contribution is -2.19. The van der Waals surface area contributed by atoms with Gasteiger partial charge in [-0.3, -0.25) is 14.2 Å². The molecule has 1 aromatic heterocycles. The normalized spacial score (nSPS) is 11.2.